The van der Waals surface area contributed by atoms with Crippen LogP contribution in [0, 0.1) is 0 Å². The van der Waals surface area contributed by atoms with Crippen LogP contribution >= 0.6 is 15.9 Å². The van der Waals surface area contributed by atoms with Crippen molar-refractivity contribution < 1.29 is 5.11 Å². The van der Waals surface area contributed by atoms with E-state index in [1.807, 2.05) is 0 Å². The number of halogens is 1. The van der Waals surface area contributed by atoms with Crippen molar-refractivity contribution in [2.75, 3.05) is 25.0 Å². The van der Waals surface area contributed by atoms with Gasteiger partial charge in [-0.2, -0.15) is 5.10 Å². The van der Waals surface area contributed by atoms with Gasteiger partial charge in [0.1, 0.15) is 4.47 Å². The summed E-state index contributed by atoms with van der Waals surface area (Å²) < 4.78 is 1.66. The number of rotatable bonds is 7. The van der Waals surface area contributed by atoms with Crippen LogP contribution in [0.15, 0.2) is 15.5 Å². The summed E-state index contributed by atoms with van der Waals surface area (Å²) >= 11 is 3.24. The van der Waals surface area contributed by atoms with Crippen LogP contribution in [0.3, 0.4) is 0 Å². The van der Waals surface area contributed by atoms with Crippen LogP contribution in [0.2, 0.25) is 0 Å². The number of aliphatic hydroxyl groups excluding tert-OH is 1. The third-order valence-electron chi connectivity index (χ3n) is 2.29. The van der Waals surface area contributed by atoms with Crippen LogP contribution in [-0.2, 0) is 6.54 Å². The van der Waals surface area contributed by atoms with Crippen molar-refractivity contribution in [3.8, 4) is 0 Å². The van der Waals surface area contributed by atoms with Gasteiger partial charge in [-0.3, -0.25) is 4.79 Å². The van der Waals surface area contributed by atoms with Crippen LogP contribution in [0.5, 0.6) is 0 Å². The molecule has 0 aliphatic rings. The van der Waals surface area contributed by atoms with E-state index in [-0.39, 0.29) is 18.7 Å². The molecule has 0 spiro atoms. The second kappa shape index (κ2) is 7.50. The minimum Gasteiger partial charge on any atom is -0.394 e. The number of nitrogens with zero attached hydrogens (tertiary/aromatic N) is 2. The maximum Gasteiger partial charge on any atom is 0.283 e. The molecule has 0 saturated carbocycles. The smallest absolute Gasteiger partial charge is 0.283 e. The lowest BCUT2D eigenvalue weighted by atomic mass is 10.4. The average molecular weight is 319 g/mol. The molecule has 1 aromatic rings. The van der Waals surface area contributed by atoms with Gasteiger partial charge >= 0.3 is 0 Å². The molecule has 0 aliphatic heterocycles. The molecule has 1 aromatic heterocycles. The Kier molecular flexibility index (Phi) is 6.31. The standard InChI is InChI=1S/C11H19BrN4O2/c1-8(2)13-3-4-14-9-7-15-16(5-6-17)11(18)10(9)12/h7-8,13-14,17H,3-6H2,1-2H3. The van der Waals surface area contributed by atoms with E-state index in [4.69, 9.17) is 5.11 Å². The first-order valence-electron chi connectivity index (χ1n) is 5.90. The molecule has 1 rings (SSSR count). The number of aliphatic hydroxyl groups is 1. The molecule has 102 valence electrons. The van der Waals surface area contributed by atoms with E-state index in [1.165, 1.54) is 4.68 Å². The van der Waals surface area contributed by atoms with Gasteiger partial charge in [0.15, 0.2) is 0 Å². The van der Waals surface area contributed by atoms with Gasteiger partial charge in [-0.1, -0.05) is 13.8 Å². The van der Waals surface area contributed by atoms with Crippen molar-refractivity contribution in [3.05, 3.63) is 21.0 Å². The Morgan fingerprint density at radius 3 is 2.83 bits per heavy atom. The molecular formula is C11H19BrN4O2. The van der Waals surface area contributed by atoms with Crippen LogP contribution in [0.25, 0.3) is 0 Å². The fourth-order valence-electron chi connectivity index (χ4n) is 1.40. The van der Waals surface area contributed by atoms with Gasteiger partial charge in [-0.15, -0.1) is 0 Å². The van der Waals surface area contributed by atoms with Gasteiger partial charge in [0, 0.05) is 19.1 Å². The fraction of sp³-hybridized carbons (Fsp3) is 0.636. The summed E-state index contributed by atoms with van der Waals surface area (Å²) in [6.07, 6.45) is 1.58. The maximum atomic E-state index is 11.8. The molecule has 0 atom stereocenters. The second-order valence-corrected chi connectivity index (χ2v) is 4.95. The van der Waals surface area contributed by atoms with Crippen molar-refractivity contribution in [1.29, 1.82) is 0 Å². The Bertz CT molecular complexity index is 434. The Morgan fingerprint density at radius 2 is 2.22 bits per heavy atom. The summed E-state index contributed by atoms with van der Waals surface area (Å²) in [5.41, 5.74) is 0.422. The molecule has 0 aliphatic carbocycles. The quantitative estimate of drug-likeness (QED) is 0.635. The first-order chi connectivity index (χ1) is 8.56. The largest absolute Gasteiger partial charge is 0.394 e. The highest BCUT2D eigenvalue weighted by atomic mass is 79.9. The minimum atomic E-state index is -0.245. The summed E-state index contributed by atoms with van der Waals surface area (Å²) in [5.74, 6) is 0. The van der Waals surface area contributed by atoms with E-state index < -0.39 is 0 Å². The van der Waals surface area contributed by atoms with Gasteiger partial charge in [0.05, 0.1) is 25.0 Å². The monoisotopic (exact) mass is 318 g/mol. The summed E-state index contributed by atoms with van der Waals surface area (Å²) in [5, 5.41) is 19.2. The first kappa shape index (κ1) is 15.1. The molecule has 0 saturated heterocycles. The Labute approximate surface area is 115 Å². The van der Waals surface area contributed by atoms with E-state index in [0.29, 0.717) is 22.7 Å². The van der Waals surface area contributed by atoms with Crippen molar-refractivity contribution in [1.82, 2.24) is 15.1 Å². The molecular weight excluding hydrogens is 300 g/mol. The molecule has 0 amide bonds. The van der Waals surface area contributed by atoms with Gasteiger partial charge in [0.2, 0.25) is 0 Å². The van der Waals surface area contributed by atoms with Crippen LogP contribution in [-0.4, -0.2) is 40.6 Å². The number of aromatic nitrogens is 2. The van der Waals surface area contributed by atoms with Gasteiger partial charge in [-0.05, 0) is 15.9 Å². The van der Waals surface area contributed by atoms with Gasteiger partial charge in [-0.25, -0.2) is 4.68 Å². The topological polar surface area (TPSA) is 79.2 Å². The molecule has 0 aromatic carbocycles. The van der Waals surface area contributed by atoms with Gasteiger partial charge in [0.25, 0.3) is 5.56 Å². The zero-order valence-electron chi connectivity index (χ0n) is 10.6. The number of nitrogens with one attached hydrogen (secondary N) is 2. The van der Waals surface area contributed by atoms with Gasteiger partial charge < -0.3 is 15.7 Å². The van der Waals surface area contributed by atoms with E-state index >= 15 is 0 Å². The molecule has 3 N–H and O–H groups in total. The van der Waals surface area contributed by atoms with Crippen LogP contribution < -0.4 is 16.2 Å². The summed E-state index contributed by atoms with van der Waals surface area (Å²) in [6.45, 7) is 5.77. The normalized spacial score (nSPS) is 10.9. The number of anilines is 1. The molecule has 6 nitrogen and oxygen atoms in total. The molecule has 0 unspecified atom stereocenters. The molecule has 0 radical (unpaired) electrons. The van der Waals surface area contributed by atoms with E-state index in [2.05, 4.69) is 45.5 Å². The number of hydrogen-bond acceptors (Lipinski definition) is 5. The lowest BCUT2D eigenvalue weighted by Crippen LogP contribution is -2.29. The average Bonchev–Trinajstić information content (AvgIpc) is 2.33. The minimum absolute atomic E-state index is 0.107. The zero-order chi connectivity index (χ0) is 13.5. The van der Waals surface area contributed by atoms with Crippen molar-refractivity contribution in [2.45, 2.75) is 26.4 Å². The Hall–Kier alpha value is -0.920. The van der Waals surface area contributed by atoms with E-state index in [0.717, 1.165) is 6.54 Å². The second-order valence-electron chi connectivity index (χ2n) is 4.16. The predicted octanol–water partition coefficient (Wildman–Crippen LogP) is 0.408. The molecule has 18 heavy (non-hydrogen) atoms. The Balaban J connectivity index is 2.62. The predicted molar refractivity (Wildman–Crippen MR) is 74.9 cm³/mol. The lowest BCUT2D eigenvalue weighted by molar-refractivity contribution is 0.266. The fourth-order valence-corrected chi connectivity index (χ4v) is 1.85. The lowest BCUT2D eigenvalue weighted by Gasteiger charge is -2.11. The van der Waals surface area contributed by atoms with E-state index in [1.54, 1.807) is 6.20 Å². The van der Waals surface area contributed by atoms with Crippen LogP contribution in [0.1, 0.15) is 13.8 Å². The summed E-state index contributed by atoms with van der Waals surface area (Å²) in [6, 6.07) is 0.436. The van der Waals surface area contributed by atoms with Crippen molar-refractivity contribution in [3.63, 3.8) is 0 Å². The summed E-state index contributed by atoms with van der Waals surface area (Å²) in [4.78, 5) is 11.8. The first-order valence-corrected chi connectivity index (χ1v) is 6.69. The third-order valence-corrected chi connectivity index (χ3v) is 3.06. The Morgan fingerprint density at radius 1 is 1.50 bits per heavy atom. The third kappa shape index (κ3) is 4.40. The molecule has 7 heteroatoms. The highest BCUT2D eigenvalue weighted by Crippen LogP contribution is 2.15. The van der Waals surface area contributed by atoms with Crippen molar-refractivity contribution >= 4 is 21.6 Å². The van der Waals surface area contributed by atoms with E-state index in [9.17, 15) is 4.79 Å². The van der Waals surface area contributed by atoms with Crippen molar-refractivity contribution in [2.24, 2.45) is 0 Å². The molecule has 0 fully saturated rings. The maximum absolute atomic E-state index is 11.8. The highest BCUT2D eigenvalue weighted by molar-refractivity contribution is 9.10. The zero-order valence-corrected chi connectivity index (χ0v) is 12.2. The molecule has 1 heterocycles. The van der Waals surface area contributed by atoms with Crippen LogP contribution in [0.4, 0.5) is 5.69 Å². The highest BCUT2D eigenvalue weighted by Gasteiger charge is 2.07. The SMILES string of the molecule is CC(C)NCCNc1cnn(CCO)c(=O)c1Br. The number of hydrogen-bond donors (Lipinski definition) is 3. The molecule has 0 bridgehead atoms. The summed E-state index contributed by atoms with van der Waals surface area (Å²) in [7, 11) is 0.